The quantitative estimate of drug-likeness (QED) is 0.909. The van der Waals surface area contributed by atoms with Gasteiger partial charge in [0.1, 0.15) is 11.6 Å². The normalized spacial score (nSPS) is 10.3. The van der Waals surface area contributed by atoms with Crippen molar-refractivity contribution in [3.63, 3.8) is 0 Å². The van der Waals surface area contributed by atoms with E-state index in [0.29, 0.717) is 5.56 Å². The Bertz CT molecular complexity index is 585. The highest BCUT2D eigenvalue weighted by atomic mass is 19.1. The summed E-state index contributed by atoms with van der Waals surface area (Å²) in [5.41, 5.74) is 0.332. The van der Waals surface area contributed by atoms with Crippen LogP contribution >= 0.6 is 0 Å². The van der Waals surface area contributed by atoms with E-state index in [2.05, 4.69) is 4.98 Å². The van der Waals surface area contributed by atoms with Gasteiger partial charge in [-0.25, -0.2) is 8.78 Å². The number of nitrogens with zero attached hydrogens (tertiary/aromatic N) is 1. The summed E-state index contributed by atoms with van der Waals surface area (Å²) in [6.07, 6.45) is 2.39. The van der Waals surface area contributed by atoms with Crippen LogP contribution in [0.1, 0.15) is 5.56 Å². The monoisotopic (exact) mass is 249 g/mol. The number of aromatic nitrogens is 1. The van der Waals surface area contributed by atoms with E-state index < -0.39 is 24.0 Å². The van der Waals surface area contributed by atoms with Crippen molar-refractivity contribution in [3.8, 4) is 11.1 Å². The van der Waals surface area contributed by atoms with E-state index in [4.69, 9.17) is 5.11 Å². The highest BCUT2D eigenvalue weighted by Gasteiger charge is 2.13. The third-order valence-corrected chi connectivity index (χ3v) is 2.45. The van der Waals surface area contributed by atoms with E-state index in [1.54, 1.807) is 12.1 Å². The fourth-order valence-corrected chi connectivity index (χ4v) is 1.63. The average Bonchev–Trinajstić information content (AvgIpc) is 2.34. The van der Waals surface area contributed by atoms with Crippen LogP contribution < -0.4 is 0 Å². The summed E-state index contributed by atoms with van der Waals surface area (Å²) < 4.78 is 27.4. The Morgan fingerprint density at radius 3 is 2.67 bits per heavy atom. The first-order valence-electron chi connectivity index (χ1n) is 5.18. The van der Waals surface area contributed by atoms with Gasteiger partial charge in [-0.15, -0.1) is 0 Å². The van der Waals surface area contributed by atoms with Crippen molar-refractivity contribution >= 4 is 5.97 Å². The van der Waals surface area contributed by atoms with Crippen molar-refractivity contribution in [3.05, 3.63) is 53.9 Å². The zero-order chi connectivity index (χ0) is 13.1. The minimum absolute atomic E-state index is 0.0646. The average molecular weight is 249 g/mol. The van der Waals surface area contributed by atoms with Gasteiger partial charge in [-0.3, -0.25) is 9.78 Å². The van der Waals surface area contributed by atoms with Gasteiger partial charge in [0.25, 0.3) is 0 Å². The Morgan fingerprint density at radius 1 is 1.28 bits per heavy atom. The van der Waals surface area contributed by atoms with Gasteiger partial charge in [0.2, 0.25) is 0 Å². The van der Waals surface area contributed by atoms with Crippen molar-refractivity contribution in [2.24, 2.45) is 0 Å². The Morgan fingerprint density at radius 2 is 2.06 bits per heavy atom. The van der Waals surface area contributed by atoms with Crippen molar-refractivity contribution in [2.45, 2.75) is 6.42 Å². The Kier molecular flexibility index (Phi) is 3.32. The maximum Gasteiger partial charge on any atom is 0.307 e. The molecule has 5 heteroatoms. The van der Waals surface area contributed by atoms with Gasteiger partial charge in [-0.2, -0.15) is 0 Å². The fraction of sp³-hybridized carbons (Fsp3) is 0.0769. The van der Waals surface area contributed by atoms with Crippen LogP contribution in [0.4, 0.5) is 8.78 Å². The number of carbonyl (C=O) groups is 1. The molecule has 0 aliphatic heterocycles. The van der Waals surface area contributed by atoms with Gasteiger partial charge < -0.3 is 5.11 Å². The molecule has 0 atom stereocenters. The smallest absolute Gasteiger partial charge is 0.307 e. The molecule has 0 saturated carbocycles. The number of benzene rings is 1. The van der Waals surface area contributed by atoms with E-state index in [9.17, 15) is 13.6 Å². The number of pyridine rings is 1. The molecule has 1 N–H and O–H groups in total. The minimum Gasteiger partial charge on any atom is -0.481 e. The number of hydrogen-bond acceptors (Lipinski definition) is 2. The van der Waals surface area contributed by atoms with E-state index >= 15 is 0 Å². The van der Waals surface area contributed by atoms with Crippen LogP contribution in [0, 0.1) is 11.6 Å². The molecule has 0 spiro atoms. The van der Waals surface area contributed by atoms with Crippen molar-refractivity contribution in [1.82, 2.24) is 4.98 Å². The van der Waals surface area contributed by atoms with E-state index in [0.717, 1.165) is 12.1 Å². The van der Waals surface area contributed by atoms with Crippen molar-refractivity contribution in [2.75, 3.05) is 0 Å². The summed E-state index contributed by atoms with van der Waals surface area (Å²) in [6, 6.07) is 5.11. The van der Waals surface area contributed by atoms with Gasteiger partial charge in [-0.1, -0.05) is 6.07 Å². The van der Waals surface area contributed by atoms with Crippen LogP contribution in [-0.4, -0.2) is 16.1 Å². The highest BCUT2D eigenvalue weighted by molar-refractivity contribution is 5.71. The predicted molar refractivity (Wildman–Crippen MR) is 60.9 cm³/mol. The number of rotatable bonds is 3. The fourth-order valence-electron chi connectivity index (χ4n) is 1.63. The van der Waals surface area contributed by atoms with Crippen LogP contribution in [-0.2, 0) is 11.2 Å². The maximum absolute atomic E-state index is 13.8. The lowest BCUT2D eigenvalue weighted by atomic mass is 10.0. The van der Waals surface area contributed by atoms with E-state index in [1.165, 1.54) is 12.4 Å². The zero-order valence-electron chi connectivity index (χ0n) is 9.23. The van der Waals surface area contributed by atoms with Crippen molar-refractivity contribution < 1.29 is 18.7 Å². The van der Waals surface area contributed by atoms with Gasteiger partial charge in [0.05, 0.1) is 6.42 Å². The Balaban J connectivity index is 2.46. The molecule has 1 aromatic heterocycles. The van der Waals surface area contributed by atoms with Gasteiger partial charge in [0, 0.05) is 29.1 Å². The first kappa shape index (κ1) is 12.2. The molecule has 0 saturated heterocycles. The van der Waals surface area contributed by atoms with E-state index in [-0.39, 0.29) is 11.1 Å². The molecule has 0 unspecified atom stereocenters. The SMILES string of the molecule is O=C(O)Cc1cc(F)c(-c2cccnc2)cc1F. The maximum atomic E-state index is 13.8. The van der Waals surface area contributed by atoms with Crippen molar-refractivity contribution in [1.29, 1.82) is 0 Å². The van der Waals surface area contributed by atoms with Gasteiger partial charge in [0.15, 0.2) is 0 Å². The van der Waals surface area contributed by atoms with Crippen LogP contribution in [0.2, 0.25) is 0 Å². The number of aliphatic carboxylic acids is 1. The largest absolute Gasteiger partial charge is 0.481 e. The second-order valence-corrected chi connectivity index (χ2v) is 3.74. The lowest BCUT2D eigenvalue weighted by molar-refractivity contribution is -0.136. The lowest BCUT2D eigenvalue weighted by Gasteiger charge is -2.06. The number of halogens is 2. The van der Waals surface area contributed by atoms with Crippen LogP contribution in [0.5, 0.6) is 0 Å². The summed E-state index contributed by atoms with van der Waals surface area (Å²) in [7, 11) is 0. The first-order valence-corrected chi connectivity index (χ1v) is 5.18. The van der Waals surface area contributed by atoms with Crippen LogP contribution in [0.15, 0.2) is 36.7 Å². The predicted octanol–water partition coefficient (Wildman–Crippen LogP) is 2.65. The Hall–Kier alpha value is -2.30. The standard InChI is InChI=1S/C13H9F2NO2/c14-11-6-10(8-2-1-3-16-7-8)12(15)4-9(11)5-13(17)18/h1-4,6-7H,5H2,(H,17,18). The lowest BCUT2D eigenvalue weighted by Crippen LogP contribution is -2.03. The number of carboxylic acids is 1. The van der Waals surface area contributed by atoms with Gasteiger partial charge >= 0.3 is 5.97 Å². The van der Waals surface area contributed by atoms with Crippen LogP contribution in [0.25, 0.3) is 11.1 Å². The molecular weight excluding hydrogens is 240 g/mol. The minimum atomic E-state index is -1.21. The molecule has 18 heavy (non-hydrogen) atoms. The Labute approximate surface area is 102 Å². The summed E-state index contributed by atoms with van der Waals surface area (Å²) in [5, 5.41) is 8.57. The molecule has 92 valence electrons. The molecule has 0 fully saturated rings. The second kappa shape index (κ2) is 4.91. The summed E-state index contributed by atoms with van der Waals surface area (Å²) >= 11 is 0. The number of carboxylic acid groups (broad SMARTS) is 1. The third-order valence-electron chi connectivity index (χ3n) is 2.45. The van der Waals surface area contributed by atoms with Crippen LogP contribution in [0.3, 0.4) is 0 Å². The molecule has 3 nitrogen and oxygen atoms in total. The van der Waals surface area contributed by atoms with Gasteiger partial charge in [-0.05, 0) is 18.2 Å². The summed E-state index contributed by atoms with van der Waals surface area (Å²) in [4.78, 5) is 14.3. The second-order valence-electron chi connectivity index (χ2n) is 3.74. The summed E-state index contributed by atoms with van der Waals surface area (Å²) in [5.74, 6) is -2.61. The molecule has 1 aromatic carbocycles. The molecule has 2 aromatic rings. The number of hydrogen-bond donors (Lipinski definition) is 1. The molecule has 2 rings (SSSR count). The highest BCUT2D eigenvalue weighted by Crippen LogP contribution is 2.25. The molecule has 0 aliphatic carbocycles. The molecule has 0 aliphatic rings. The third kappa shape index (κ3) is 2.51. The zero-order valence-corrected chi connectivity index (χ0v) is 9.23. The van der Waals surface area contributed by atoms with E-state index in [1.807, 2.05) is 0 Å². The molecule has 0 bridgehead atoms. The molecular formula is C13H9F2NO2. The topological polar surface area (TPSA) is 50.2 Å². The molecule has 1 heterocycles. The summed E-state index contributed by atoms with van der Waals surface area (Å²) in [6.45, 7) is 0. The molecule has 0 amide bonds. The molecule has 0 radical (unpaired) electrons. The first-order chi connectivity index (χ1) is 8.58.